The van der Waals surface area contributed by atoms with Crippen molar-refractivity contribution in [2.24, 2.45) is 17.6 Å². The number of hydrogen-bond donors (Lipinski definition) is 2. The van der Waals surface area contributed by atoms with Gasteiger partial charge in [0.05, 0.1) is 4.88 Å². The molecule has 0 saturated carbocycles. The van der Waals surface area contributed by atoms with Crippen LogP contribution in [0.25, 0.3) is 0 Å². The molecule has 0 aromatic carbocycles. The molecule has 1 aliphatic heterocycles. The van der Waals surface area contributed by atoms with Crippen molar-refractivity contribution in [3.05, 3.63) is 17.0 Å². The van der Waals surface area contributed by atoms with Crippen molar-refractivity contribution in [1.29, 1.82) is 0 Å². The van der Waals surface area contributed by atoms with Crippen LogP contribution in [0.4, 0.5) is 0 Å². The molecule has 138 valence electrons. The summed E-state index contributed by atoms with van der Waals surface area (Å²) in [7, 11) is -3.48. The van der Waals surface area contributed by atoms with Gasteiger partial charge in [-0.3, -0.25) is 4.79 Å². The van der Waals surface area contributed by atoms with Gasteiger partial charge in [0, 0.05) is 19.6 Å². The molecule has 1 saturated heterocycles. The van der Waals surface area contributed by atoms with Crippen LogP contribution in [0, 0.1) is 11.8 Å². The summed E-state index contributed by atoms with van der Waals surface area (Å²) < 4.78 is 27.0. The Labute approximate surface area is 154 Å². The maximum absolute atomic E-state index is 12.6. The summed E-state index contributed by atoms with van der Waals surface area (Å²) in [5.41, 5.74) is 5.52. The molecule has 1 fully saturated rings. The first-order valence-electron chi connectivity index (χ1n) is 7.93. The van der Waals surface area contributed by atoms with Crippen molar-refractivity contribution in [3.63, 3.8) is 0 Å². The van der Waals surface area contributed by atoms with E-state index in [0.29, 0.717) is 37.0 Å². The van der Waals surface area contributed by atoms with Crippen LogP contribution in [-0.2, 0) is 10.0 Å². The van der Waals surface area contributed by atoms with Crippen LogP contribution in [0.15, 0.2) is 16.3 Å². The van der Waals surface area contributed by atoms with E-state index >= 15 is 0 Å². The van der Waals surface area contributed by atoms with Crippen molar-refractivity contribution in [2.45, 2.75) is 30.9 Å². The summed E-state index contributed by atoms with van der Waals surface area (Å²) in [6.07, 6.45) is 1.77. The minimum atomic E-state index is -3.48. The summed E-state index contributed by atoms with van der Waals surface area (Å²) in [6.45, 7) is 6.17. The summed E-state index contributed by atoms with van der Waals surface area (Å²) in [6, 6.07) is 3.10. The molecular weight excluding hydrogens is 370 g/mol. The molecule has 24 heavy (non-hydrogen) atoms. The molecule has 3 N–H and O–H groups in total. The Morgan fingerprint density at radius 3 is 2.62 bits per heavy atom. The molecule has 0 spiro atoms. The van der Waals surface area contributed by atoms with Crippen LogP contribution in [0.2, 0.25) is 0 Å². The highest BCUT2D eigenvalue weighted by molar-refractivity contribution is 7.91. The minimum absolute atomic E-state index is 0. The molecule has 9 heteroatoms. The molecule has 2 heterocycles. The monoisotopic (exact) mass is 395 g/mol. The molecular formula is C15H26ClN3O3S2. The smallest absolute Gasteiger partial charge is 0.261 e. The zero-order chi connectivity index (χ0) is 17.0. The van der Waals surface area contributed by atoms with Crippen molar-refractivity contribution < 1.29 is 13.2 Å². The predicted octanol–water partition coefficient (Wildman–Crippen LogP) is 1.92. The number of amides is 1. The van der Waals surface area contributed by atoms with E-state index in [-0.39, 0.29) is 28.4 Å². The number of nitrogens with zero attached hydrogens (tertiary/aromatic N) is 1. The number of nitrogens with one attached hydrogen (secondary N) is 1. The number of carbonyl (C=O) groups is 1. The van der Waals surface area contributed by atoms with Crippen LogP contribution in [0.5, 0.6) is 0 Å². The molecule has 2 rings (SSSR count). The largest absolute Gasteiger partial charge is 0.351 e. The van der Waals surface area contributed by atoms with Crippen LogP contribution < -0.4 is 11.1 Å². The quantitative estimate of drug-likeness (QED) is 0.769. The third-order valence-electron chi connectivity index (χ3n) is 4.16. The molecule has 1 amide bonds. The van der Waals surface area contributed by atoms with Gasteiger partial charge in [-0.2, -0.15) is 4.31 Å². The lowest BCUT2D eigenvalue weighted by Gasteiger charge is -2.28. The lowest BCUT2D eigenvalue weighted by Crippen LogP contribution is -2.37. The van der Waals surface area contributed by atoms with E-state index in [0.717, 1.165) is 24.2 Å². The number of carbonyl (C=O) groups excluding carboxylic acids is 1. The average molecular weight is 396 g/mol. The Bertz CT molecular complexity index is 640. The lowest BCUT2D eigenvalue weighted by atomic mass is 10.0. The topological polar surface area (TPSA) is 92.5 Å². The first-order valence-corrected chi connectivity index (χ1v) is 10.2. The molecule has 1 atom stereocenters. The fraction of sp³-hybridized carbons (Fsp3) is 0.667. The molecule has 1 unspecified atom stereocenters. The Hall–Kier alpha value is -0.670. The maximum Gasteiger partial charge on any atom is 0.261 e. The highest BCUT2D eigenvalue weighted by Gasteiger charge is 2.29. The average Bonchev–Trinajstić information content (AvgIpc) is 3.03. The molecule has 1 aromatic heterocycles. The number of piperidine rings is 1. The van der Waals surface area contributed by atoms with E-state index < -0.39 is 10.0 Å². The molecule has 1 aromatic rings. The molecule has 0 bridgehead atoms. The summed E-state index contributed by atoms with van der Waals surface area (Å²) in [5, 5.41) is 2.78. The van der Waals surface area contributed by atoms with Crippen LogP contribution in [0.3, 0.4) is 0 Å². The second-order valence-electron chi connectivity index (χ2n) is 6.26. The highest BCUT2D eigenvalue weighted by atomic mass is 35.5. The summed E-state index contributed by atoms with van der Waals surface area (Å²) >= 11 is 1.03. The van der Waals surface area contributed by atoms with Gasteiger partial charge in [-0.25, -0.2) is 8.42 Å². The van der Waals surface area contributed by atoms with Crippen molar-refractivity contribution in [2.75, 3.05) is 26.2 Å². The van der Waals surface area contributed by atoms with Gasteiger partial charge in [-0.1, -0.05) is 13.8 Å². The zero-order valence-electron chi connectivity index (χ0n) is 14.0. The molecule has 1 aliphatic rings. The predicted molar refractivity (Wildman–Crippen MR) is 99.3 cm³/mol. The number of halogens is 1. The van der Waals surface area contributed by atoms with Gasteiger partial charge in [0.25, 0.3) is 15.9 Å². The zero-order valence-corrected chi connectivity index (χ0v) is 16.5. The van der Waals surface area contributed by atoms with Gasteiger partial charge in [-0.15, -0.1) is 23.7 Å². The Balaban J connectivity index is 0.00000288. The second-order valence-corrected chi connectivity index (χ2v) is 9.50. The van der Waals surface area contributed by atoms with E-state index in [9.17, 15) is 13.2 Å². The highest BCUT2D eigenvalue weighted by Crippen LogP contribution is 2.28. The number of thiophene rings is 1. The maximum atomic E-state index is 12.6. The standard InChI is InChI=1S/C15H25N3O3S2.ClH/c1-11-5-7-18(8-6-11)23(20,21)14-4-3-13(22-14)15(19)17-10-12(2)9-16;/h3-4,11-12H,5-10,16H2,1-2H3,(H,17,19);1H. The van der Waals surface area contributed by atoms with Gasteiger partial charge in [0.15, 0.2) is 0 Å². The number of rotatable bonds is 6. The second kappa shape index (κ2) is 9.15. The van der Waals surface area contributed by atoms with Crippen molar-refractivity contribution in [3.8, 4) is 0 Å². The normalized spacial score (nSPS) is 18.0. The van der Waals surface area contributed by atoms with E-state index in [1.54, 1.807) is 6.07 Å². The van der Waals surface area contributed by atoms with Crippen LogP contribution in [0.1, 0.15) is 36.4 Å². The van der Waals surface area contributed by atoms with Gasteiger partial charge in [0.2, 0.25) is 0 Å². The third-order valence-corrected chi connectivity index (χ3v) is 7.61. The van der Waals surface area contributed by atoms with Gasteiger partial charge in [0.1, 0.15) is 4.21 Å². The SMILES string of the molecule is CC1CCN(S(=O)(=O)c2ccc(C(=O)NCC(C)CN)s2)CC1.Cl. The van der Waals surface area contributed by atoms with Crippen LogP contribution >= 0.6 is 23.7 Å². The summed E-state index contributed by atoms with van der Waals surface area (Å²) in [5.74, 6) is 0.511. The fourth-order valence-electron chi connectivity index (χ4n) is 2.37. The van der Waals surface area contributed by atoms with Gasteiger partial charge < -0.3 is 11.1 Å². The van der Waals surface area contributed by atoms with Crippen molar-refractivity contribution >= 4 is 39.7 Å². The molecule has 6 nitrogen and oxygen atoms in total. The number of nitrogens with two attached hydrogens (primary N) is 1. The van der Waals surface area contributed by atoms with E-state index in [2.05, 4.69) is 12.2 Å². The molecule has 0 aliphatic carbocycles. The van der Waals surface area contributed by atoms with Crippen LogP contribution in [-0.4, -0.2) is 44.8 Å². The van der Waals surface area contributed by atoms with Gasteiger partial charge >= 0.3 is 0 Å². The number of hydrogen-bond acceptors (Lipinski definition) is 5. The first kappa shape index (κ1) is 21.4. The van der Waals surface area contributed by atoms with E-state index in [1.807, 2.05) is 6.92 Å². The Morgan fingerprint density at radius 2 is 2.04 bits per heavy atom. The Kier molecular flexibility index (Phi) is 8.14. The minimum Gasteiger partial charge on any atom is -0.351 e. The van der Waals surface area contributed by atoms with Gasteiger partial charge in [-0.05, 0) is 43.4 Å². The van der Waals surface area contributed by atoms with E-state index in [4.69, 9.17) is 5.73 Å². The first-order chi connectivity index (χ1) is 10.8. The van der Waals surface area contributed by atoms with E-state index in [1.165, 1.54) is 10.4 Å². The molecule has 0 radical (unpaired) electrons. The lowest BCUT2D eigenvalue weighted by molar-refractivity contribution is 0.0952. The summed E-state index contributed by atoms with van der Waals surface area (Å²) in [4.78, 5) is 12.5. The van der Waals surface area contributed by atoms with Crippen molar-refractivity contribution in [1.82, 2.24) is 9.62 Å². The fourth-order valence-corrected chi connectivity index (χ4v) is 5.22. The number of sulfonamides is 1. The third kappa shape index (κ3) is 5.16. The Morgan fingerprint density at radius 1 is 1.42 bits per heavy atom.